The van der Waals surface area contributed by atoms with Gasteiger partial charge in [-0.2, -0.15) is 0 Å². The molecule has 4 atom stereocenters. The molecule has 0 aromatic heterocycles. The minimum Gasteiger partial charge on any atom is -0.312 e. The number of nitrogens with one attached hydrogen (secondary N) is 1. The summed E-state index contributed by atoms with van der Waals surface area (Å²) in [5.74, 6) is 1.77. The smallest absolute Gasteiger partial charge is 0.0274 e. The van der Waals surface area contributed by atoms with Crippen LogP contribution in [0.25, 0.3) is 0 Å². The van der Waals surface area contributed by atoms with Gasteiger partial charge >= 0.3 is 0 Å². The lowest BCUT2D eigenvalue weighted by atomic mass is 9.69. The average molecular weight is 266 g/mol. The van der Waals surface area contributed by atoms with Crippen molar-refractivity contribution in [2.24, 2.45) is 17.3 Å². The van der Waals surface area contributed by atoms with Gasteiger partial charge in [-0.25, -0.2) is 0 Å². The molecule has 2 fully saturated rings. The average Bonchev–Trinajstić information content (AvgIpc) is 2.35. The molecule has 0 radical (unpaired) electrons. The SMILES string of the molecule is CCNC1C(N2CCC(C)C(C)C2)CCCC1(C)C. The maximum absolute atomic E-state index is 3.81. The highest BCUT2D eigenvalue weighted by Gasteiger charge is 2.42. The van der Waals surface area contributed by atoms with E-state index in [1.165, 1.54) is 38.8 Å². The molecule has 1 N–H and O–H groups in total. The first-order valence-corrected chi connectivity index (χ1v) is 8.43. The van der Waals surface area contributed by atoms with Crippen molar-refractivity contribution < 1.29 is 0 Å². The summed E-state index contributed by atoms with van der Waals surface area (Å²) < 4.78 is 0. The van der Waals surface area contributed by atoms with E-state index in [0.717, 1.165) is 24.4 Å². The van der Waals surface area contributed by atoms with Crippen LogP contribution in [0.3, 0.4) is 0 Å². The van der Waals surface area contributed by atoms with Gasteiger partial charge in [0.05, 0.1) is 0 Å². The van der Waals surface area contributed by atoms with E-state index < -0.39 is 0 Å². The Labute approximate surface area is 120 Å². The molecular weight excluding hydrogens is 232 g/mol. The summed E-state index contributed by atoms with van der Waals surface area (Å²) in [6.07, 6.45) is 5.56. The van der Waals surface area contributed by atoms with Gasteiger partial charge in [-0.1, -0.05) is 41.0 Å². The predicted octanol–water partition coefficient (Wildman–Crippen LogP) is 3.52. The number of rotatable bonds is 3. The van der Waals surface area contributed by atoms with Crippen molar-refractivity contribution in [1.82, 2.24) is 10.2 Å². The Kier molecular flexibility index (Phi) is 4.94. The van der Waals surface area contributed by atoms with Gasteiger partial charge in [0.25, 0.3) is 0 Å². The molecule has 2 aliphatic rings. The van der Waals surface area contributed by atoms with Crippen LogP contribution < -0.4 is 5.32 Å². The van der Waals surface area contributed by atoms with Crippen molar-refractivity contribution in [1.29, 1.82) is 0 Å². The molecule has 1 saturated heterocycles. The molecule has 0 amide bonds. The zero-order valence-electron chi connectivity index (χ0n) is 13.7. The maximum atomic E-state index is 3.81. The van der Waals surface area contributed by atoms with E-state index in [4.69, 9.17) is 0 Å². The van der Waals surface area contributed by atoms with Crippen LogP contribution in [0.15, 0.2) is 0 Å². The van der Waals surface area contributed by atoms with Gasteiger partial charge in [0, 0.05) is 18.6 Å². The number of likely N-dealkylation sites (tertiary alicyclic amines) is 1. The van der Waals surface area contributed by atoms with Gasteiger partial charge in [-0.15, -0.1) is 0 Å². The summed E-state index contributed by atoms with van der Waals surface area (Å²) >= 11 is 0. The van der Waals surface area contributed by atoms with E-state index in [1.54, 1.807) is 0 Å². The first kappa shape index (κ1) is 15.3. The molecule has 19 heavy (non-hydrogen) atoms. The normalized spacial score (nSPS) is 40.3. The third-order valence-electron chi connectivity index (χ3n) is 5.81. The Hall–Kier alpha value is -0.0800. The second-order valence-corrected chi connectivity index (χ2v) is 7.72. The molecule has 0 spiro atoms. The molecule has 1 aliphatic carbocycles. The van der Waals surface area contributed by atoms with Crippen LogP contribution in [0.1, 0.15) is 60.3 Å². The van der Waals surface area contributed by atoms with E-state index >= 15 is 0 Å². The number of hydrogen-bond donors (Lipinski definition) is 1. The number of nitrogens with zero attached hydrogens (tertiary/aromatic N) is 1. The number of hydrogen-bond acceptors (Lipinski definition) is 2. The predicted molar refractivity (Wildman–Crippen MR) is 83.4 cm³/mol. The molecular formula is C17H34N2. The fraction of sp³-hybridized carbons (Fsp3) is 1.00. The first-order chi connectivity index (χ1) is 8.95. The molecule has 0 aromatic rings. The molecule has 2 nitrogen and oxygen atoms in total. The summed E-state index contributed by atoms with van der Waals surface area (Å²) in [6, 6.07) is 1.44. The zero-order chi connectivity index (χ0) is 14.0. The molecule has 112 valence electrons. The van der Waals surface area contributed by atoms with Crippen LogP contribution in [0.5, 0.6) is 0 Å². The highest BCUT2D eigenvalue weighted by molar-refractivity contribution is 4.99. The number of likely N-dealkylation sites (N-methyl/N-ethyl adjacent to an activating group) is 1. The van der Waals surface area contributed by atoms with Gasteiger partial charge in [-0.3, -0.25) is 4.90 Å². The van der Waals surface area contributed by atoms with Crippen LogP contribution in [-0.2, 0) is 0 Å². The third-order valence-corrected chi connectivity index (χ3v) is 5.81. The van der Waals surface area contributed by atoms with Crippen LogP contribution in [0.2, 0.25) is 0 Å². The Morgan fingerprint density at radius 3 is 2.53 bits per heavy atom. The van der Waals surface area contributed by atoms with Crippen LogP contribution >= 0.6 is 0 Å². The van der Waals surface area contributed by atoms with Gasteiger partial charge in [0.2, 0.25) is 0 Å². The molecule has 0 bridgehead atoms. The first-order valence-electron chi connectivity index (χ1n) is 8.43. The molecule has 1 aliphatic heterocycles. The van der Waals surface area contributed by atoms with Crippen molar-refractivity contribution in [3.8, 4) is 0 Å². The Balaban J connectivity index is 2.08. The van der Waals surface area contributed by atoms with Gasteiger partial charge in [0.1, 0.15) is 0 Å². The molecule has 1 heterocycles. The van der Waals surface area contributed by atoms with Gasteiger partial charge in [0.15, 0.2) is 0 Å². The van der Waals surface area contributed by atoms with Crippen LogP contribution in [0, 0.1) is 17.3 Å². The fourth-order valence-electron chi connectivity index (χ4n) is 4.23. The topological polar surface area (TPSA) is 15.3 Å². The van der Waals surface area contributed by atoms with E-state index in [-0.39, 0.29) is 0 Å². The minimum absolute atomic E-state index is 0.450. The second-order valence-electron chi connectivity index (χ2n) is 7.72. The van der Waals surface area contributed by atoms with Crippen LogP contribution in [0.4, 0.5) is 0 Å². The van der Waals surface area contributed by atoms with Crippen molar-refractivity contribution in [3.63, 3.8) is 0 Å². The Morgan fingerprint density at radius 2 is 1.89 bits per heavy atom. The quantitative estimate of drug-likeness (QED) is 0.841. The zero-order valence-corrected chi connectivity index (χ0v) is 13.7. The standard InChI is InChI=1S/C17H34N2/c1-6-18-16-15(8-7-10-17(16,4)5)19-11-9-13(2)14(3)12-19/h13-16,18H,6-12H2,1-5H3. The van der Waals surface area contributed by atoms with Crippen molar-refractivity contribution >= 4 is 0 Å². The maximum Gasteiger partial charge on any atom is 0.0274 e. The van der Waals surface area contributed by atoms with Crippen LogP contribution in [-0.4, -0.2) is 36.6 Å². The summed E-state index contributed by atoms with van der Waals surface area (Å²) in [7, 11) is 0. The van der Waals surface area contributed by atoms with E-state index in [9.17, 15) is 0 Å². The van der Waals surface area contributed by atoms with E-state index in [1.807, 2.05) is 0 Å². The third kappa shape index (κ3) is 3.33. The lowest BCUT2D eigenvalue weighted by Gasteiger charge is -2.51. The van der Waals surface area contributed by atoms with Gasteiger partial charge in [-0.05, 0) is 49.6 Å². The summed E-state index contributed by atoms with van der Waals surface area (Å²) in [4.78, 5) is 2.80. The monoisotopic (exact) mass is 266 g/mol. The molecule has 2 heteroatoms. The molecule has 1 saturated carbocycles. The lowest BCUT2D eigenvalue weighted by molar-refractivity contribution is 0.0147. The highest BCUT2D eigenvalue weighted by Crippen LogP contribution is 2.39. The molecule has 4 unspecified atom stereocenters. The number of piperidine rings is 1. The second kappa shape index (κ2) is 6.13. The van der Waals surface area contributed by atoms with Crippen molar-refractivity contribution in [3.05, 3.63) is 0 Å². The molecule has 2 rings (SSSR count). The Morgan fingerprint density at radius 1 is 1.16 bits per heavy atom. The van der Waals surface area contributed by atoms with E-state index in [2.05, 4.69) is 44.8 Å². The fourth-order valence-corrected chi connectivity index (χ4v) is 4.23. The summed E-state index contributed by atoms with van der Waals surface area (Å²) in [6.45, 7) is 15.8. The highest BCUT2D eigenvalue weighted by atomic mass is 15.2. The minimum atomic E-state index is 0.450. The van der Waals surface area contributed by atoms with Crippen molar-refractivity contribution in [2.45, 2.75) is 72.4 Å². The summed E-state index contributed by atoms with van der Waals surface area (Å²) in [5.41, 5.74) is 0.450. The largest absolute Gasteiger partial charge is 0.312 e. The molecule has 0 aromatic carbocycles. The summed E-state index contributed by atoms with van der Waals surface area (Å²) in [5, 5.41) is 3.81. The van der Waals surface area contributed by atoms with E-state index in [0.29, 0.717) is 11.5 Å². The Bertz CT molecular complexity index is 287. The van der Waals surface area contributed by atoms with Gasteiger partial charge < -0.3 is 5.32 Å². The van der Waals surface area contributed by atoms with Crippen molar-refractivity contribution in [2.75, 3.05) is 19.6 Å². The lowest BCUT2D eigenvalue weighted by Crippen LogP contribution is -2.60.